The fourth-order valence-corrected chi connectivity index (χ4v) is 3.79. The molecule has 0 aromatic heterocycles. The zero-order valence-corrected chi connectivity index (χ0v) is 16.3. The molecule has 1 fully saturated rings. The van der Waals surface area contributed by atoms with Crippen molar-refractivity contribution >= 4 is 38.1 Å². The third-order valence-corrected chi connectivity index (χ3v) is 4.78. The maximum Gasteiger partial charge on any atom is 0.148 e. The molecule has 2 aromatic carbocycles. The molecule has 0 bridgehead atoms. The first-order chi connectivity index (χ1) is 11.7. The van der Waals surface area contributed by atoms with Crippen LogP contribution in [0.5, 0.6) is 5.75 Å². The Labute approximate surface area is 158 Å². The minimum absolute atomic E-state index is 0.527. The standard InChI is InChI=1S/C18H18Br2N2O2/c19-16-10-15(12-21-22-6-8-23-9-7-22)11-17(20)18(16)24-13-14-4-2-1-3-5-14/h1-5,10-12H,6-9,13H2. The Bertz CT molecular complexity index is 678. The third kappa shape index (κ3) is 4.82. The van der Waals surface area contributed by atoms with Crippen LogP contribution in [0, 0.1) is 0 Å². The number of hydrogen-bond donors (Lipinski definition) is 0. The molecule has 0 radical (unpaired) electrons. The van der Waals surface area contributed by atoms with Crippen molar-refractivity contribution in [2.45, 2.75) is 6.61 Å². The average Bonchev–Trinajstić information content (AvgIpc) is 2.61. The molecule has 2 aromatic rings. The summed E-state index contributed by atoms with van der Waals surface area (Å²) in [6.45, 7) is 3.65. The van der Waals surface area contributed by atoms with E-state index >= 15 is 0 Å². The first-order valence-electron chi connectivity index (χ1n) is 7.75. The molecule has 1 aliphatic heterocycles. The quantitative estimate of drug-likeness (QED) is 0.627. The van der Waals surface area contributed by atoms with Crippen molar-refractivity contribution in [3.63, 3.8) is 0 Å². The molecule has 1 aliphatic rings. The Hall–Kier alpha value is -1.37. The van der Waals surface area contributed by atoms with Crippen molar-refractivity contribution in [3.8, 4) is 5.75 Å². The van der Waals surface area contributed by atoms with Gasteiger partial charge in [-0.25, -0.2) is 0 Å². The molecule has 0 unspecified atom stereocenters. The summed E-state index contributed by atoms with van der Waals surface area (Å²) >= 11 is 7.17. The largest absolute Gasteiger partial charge is 0.487 e. The predicted molar refractivity (Wildman–Crippen MR) is 103 cm³/mol. The molecule has 0 aliphatic carbocycles. The van der Waals surface area contributed by atoms with E-state index in [1.54, 1.807) is 0 Å². The summed E-state index contributed by atoms with van der Waals surface area (Å²) in [4.78, 5) is 0. The smallest absolute Gasteiger partial charge is 0.148 e. The van der Waals surface area contributed by atoms with Gasteiger partial charge in [0.1, 0.15) is 12.4 Å². The number of nitrogens with zero attached hydrogens (tertiary/aromatic N) is 2. The first-order valence-corrected chi connectivity index (χ1v) is 9.33. The number of morpholine rings is 1. The Balaban J connectivity index is 1.67. The zero-order chi connectivity index (χ0) is 16.8. The first kappa shape index (κ1) is 17.5. The molecule has 6 heteroatoms. The van der Waals surface area contributed by atoms with E-state index in [9.17, 15) is 0 Å². The van der Waals surface area contributed by atoms with Gasteiger partial charge in [-0.3, -0.25) is 5.01 Å². The van der Waals surface area contributed by atoms with E-state index < -0.39 is 0 Å². The van der Waals surface area contributed by atoms with Crippen molar-refractivity contribution in [1.29, 1.82) is 0 Å². The van der Waals surface area contributed by atoms with Gasteiger partial charge in [-0.05, 0) is 55.1 Å². The van der Waals surface area contributed by atoms with Crippen LogP contribution in [0.25, 0.3) is 0 Å². The van der Waals surface area contributed by atoms with Crippen LogP contribution in [0.15, 0.2) is 56.5 Å². The summed E-state index contributed by atoms with van der Waals surface area (Å²) in [7, 11) is 0. The highest BCUT2D eigenvalue weighted by molar-refractivity contribution is 9.11. The Kier molecular flexibility index (Phi) is 6.29. The van der Waals surface area contributed by atoms with Crippen LogP contribution in [-0.2, 0) is 11.3 Å². The lowest BCUT2D eigenvalue weighted by atomic mass is 10.2. The number of ether oxygens (including phenoxy) is 2. The minimum Gasteiger partial charge on any atom is -0.487 e. The highest BCUT2D eigenvalue weighted by Gasteiger charge is 2.10. The van der Waals surface area contributed by atoms with E-state index in [4.69, 9.17) is 9.47 Å². The molecule has 3 rings (SSSR count). The average molecular weight is 454 g/mol. The third-order valence-electron chi connectivity index (χ3n) is 3.60. The molecular weight excluding hydrogens is 436 g/mol. The van der Waals surface area contributed by atoms with Gasteiger partial charge in [0, 0.05) is 0 Å². The monoisotopic (exact) mass is 452 g/mol. The summed E-state index contributed by atoms with van der Waals surface area (Å²) in [5, 5.41) is 6.52. The highest BCUT2D eigenvalue weighted by atomic mass is 79.9. The van der Waals surface area contributed by atoms with Gasteiger partial charge in [0.2, 0.25) is 0 Å². The Morgan fingerprint density at radius 1 is 1.08 bits per heavy atom. The van der Waals surface area contributed by atoms with Gasteiger partial charge < -0.3 is 9.47 Å². The van der Waals surface area contributed by atoms with Gasteiger partial charge in [-0.2, -0.15) is 5.10 Å². The highest BCUT2D eigenvalue weighted by Crippen LogP contribution is 2.35. The van der Waals surface area contributed by atoms with E-state index in [2.05, 4.69) is 37.0 Å². The molecule has 126 valence electrons. The summed E-state index contributed by atoms with van der Waals surface area (Å²) in [6.07, 6.45) is 1.86. The van der Waals surface area contributed by atoms with Crippen LogP contribution in [0.3, 0.4) is 0 Å². The fourth-order valence-electron chi connectivity index (χ4n) is 2.34. The van der Waals surface area contributed by atoms with Crippen LogP contribution in [0.2, 0.25) is 0 Å². The van der Waals surface area contributed by atoms with Crippen molar-refractivity contribution in [2.75, 3.05) is 26.3 Å². The van der Waals surface area contributed by atoms with E-state index in [1.807, 2.05) is 53.7 Å². The maximum atomic E-state index is 5.94. The molecule has 24 heavy (non-hydrogen) atoms. The summed E-state index contributed by atoms with van der Waals surface area (Å²) in [6, 6.07) is 14.1. The van der Waals surface area contributed by atoms with Crippen LogP contribution in [-0.4, -0.2) is 37.5 Å². The Morgan fingerprint density at radius 3 is 2.42 bits per heavy atom. The van der Waals surface area contributed by atoms with Crippen molar-refractivity contribution in [3.05, 3.63) is 62.5 Å². The molecule has 0 saturated carbocycles. The zero-order valence-electron chi connectivity index (χ0n) is 13.1. The summed E-state index contributed by atoms with van der Waals surface area (Å²) in [5.74, 6) is 0.794. The molecule has 1 heterocycles. The number of hydrazone groups is 1. The fraction of sp³-hybridized carbons (Fsp3) is 0.278. The Morgan fingerprint density at radius 2 is 1.75 bits per heavy atom. The van der Waals surface area contributed by atoms with E-state index in [-0.39, 0.29) is 0 Å². The van der Waals surface area contributed by atoms with Gasteiger partial charge in [-0.15, -0.1) is 0 Å². The molecular formula is C18H18Br2N2O2. The van der Waals surface area contributed by atoms with E-state index in [1.165, 1.54) is 0 Å². The number of rotatable bonds is 5. The molecule has 0 atom stereocenters. The molecule has 1 saturated heterocycles. The topological polar surface area (TPSA) is 34.1 Å². The lowest BCUT2D eigenvalue weighted by Gasteiger charge is -2.23. The number of halogens is 2. The van der Waals surface area contributed by atoms with E-state index in [0.717, 1.165) is 52.1 Å². The second kappa shape index (κ2) is 8.65. The van der Waals surface area contributed by atoms with E-state index in [0.29, 0.717) is 6.61 Å². The SMILES string of the molecule is Brc1cc(C=NN2CCOCC2)cc(Br)c1OCc1ccccc1. The second-order valence-corrected chi connectivity index (χ2v) is 7.11. The lowest BCUT2D eigenvalue weighted by molar-refractivity contribution is 0.0397. The molecule has 0 N–H and O–H groups in total. The second-order valence-electron chi connectivity index (χ2n) is 5.40. The van der Waals surface area contributed by atoms with Gasteiger partial charge >= 0.3 is 0 Å². The van der Waals surface area contributed by atoms with Crippen molar-refractivity contribution in [1.82, 2.24) is 5.01 Å². The normalized spacial score (nSPS) is 15.0. The van der Waals surface area contributed by atoms with Gasteiger partial charge in [0.15, 0.2) is 0 Å². The van der Waals surface area contributed by atoms with Crippen LogP contribution in [0.1, 0.15) is 11.1 Å². The number of hydrogen-bond acceptors (Lipinski definition) is 4. The van der Waals surface area contributed by atoms with Crippen LogP contribution in [0.4, 0.5) is 0 Å². The lowest BCUT2D eigenvalue weighted by Crippen LogP contribution is -2.32. The van der Waals surface area contributed by atoms with Gasteiger partial charge in [-0.1, -0.05) is 30.3 Å². The molecule has 0 spiro atoms. The number of benzene rings is 2. The van der Waals surface area contributed by atoms with Crippen molar-refractivity contribution in [2.24, 2.45) is 5.10 Å². The maximum absolute atomic E-state index is 5.94. The molecule has 4 nitrogen and oxygen atoms in total. The summed E-state index contributed by atoms with van der Waals surface area (Å²) in [5.41, 5.74) is 2.14. The minimum atomic E-state index is 0.527. The van der Waals surface area contributed by atoms with Crippen LogP contribution >= 0.6 is 31.9 Å². The summed E-state index contributed by atoms with van der Waals surface area (Å²) < 4.78 is 13.1. The van der Waals surface area contributed by atoms with Gasteiger partial charge in [0.05, 0.1) is 41.5 Å². The van der Waals surface area contributed by atoms with Crippen molar-refractivity contribution < 1.29 is 9.47 Å². The predicted octanol–water partition coefficient (Wildman–Crippen LogP) is 4.46. The van der Waals surface area contributed by atoms with Crippen LogP contribution < -0.4 is 4.74 Å². The molecule has 0 amide bonds. The van der Waals surface area contributed by atoms with Gasteiger partial charge in [0.25, 0.3) is 0 Å².